The number of benzene rings is 1. The Hall–Kier alpha value is -2.80. The summed E-state index contributed by atoms with van der Waals surface area (Å²) >= 11 is 1.70. The third-order valence-corrected chi connectivity index (χ3v) is 5.57. The number of aromatic amines is 1. The molecule has 6 nitrogen and oxygen atoms in total. The molecule has 1 amide bonds. The number of ether oxygens (including phenoxy) is 1. The molecule has 0 aliphatic carbocycles. The Balaban J connectivity index is 1.57. The number of nitrogens with one attached hydrogen (secondary N) is 1. The molecule has 0 spiro atoms. The number of rotatable bonds is 4. The van der Waals surface area contributed by atoms with Crippen LogP contribution in [0.5, 0.6) is 0 Å². The van der Waals surface area contributed by atoms with E-state index in [-0.39, 0.29) is 24.1 Å². The first-order chi connectivity index (χ1) is 12.8. The van der Waals surface area contributed by atoms with Gasteiger partial charge in [-0.1, -0.05) is 30.3 Å². The van der Waals surface area contributed by atoms with Gasteiger partial charge in [0.15, 0.2) is 0 Å². The maximum Gasteiger partial charge on any atom is 0.411 e. The summed E-state index contributed by atoms with van der Waals surface area (Å²) in [7, 11) is 0. The fourth-order valence-corrected chi connectivity index (χ4v) is 4.40. The van der Waals surface area contributed by atoms with Gasteiger partial charge in [0.2, 0.25) is 0 Å². The first-order valence-electron chi connectivity index (χ1n) is 8.33. The van der Waals surface area contributed by atoms with Crippen molar-refractivity contribution in [1.82, 2.24) is 19.9 Å². The minimum absolute atomic E-state index is 0.128. The van der Waals surface area contributed by atoms with E-state index < -0.39 is 0 Å². The lowest BCUT2D eigenvalue weighted by molar-refractivity contribution is 0.0818. The van der Waals surface area contributed by atoms with E-state index in [0.717, 1.165) is 22.7 Å². The molecule has 1 N–H and O–H groups in total. The second-order valence-electron chi connectivity index (χ2n) is 5.90. The van der Waals surface area contributed by atoms with Crippen LogP contribution in [0.25, 0.3) is 0 Å². The topological polar surface area (TPSA) is 71.1 Å². The lowest BCUT2D eigenvalue weighted by Gasteiger charge is -2.27. The van der Waals surface area contributed by atoms with E-state index >= 15 is 0 Å². The summed E-state index contributed by atoms with van der Waals surface area (Å²) in [5, 5.41) is -0.128. The van der Waals surface area contributed by atoms with Crippen LogP contribution < -0.4 is 0 Å². The van der Waals surface area contributed by atoms with Gasteiger partial charge >= 0.3 is 6.09 Å². The largest absolute Gasteiger partial charge is 0.444 e. The number of carbonyl (C=O) groups excluding carboxylic acids is 1. The summed E-state index contributed by atoms with van der Waals surface area (Å²) in [6.07, 6.45) is 6.61. The van der Waals surface area contributed by atoms with Gasteiger partial charge < -0.3 is 9.72 Å². The Kier molecular flexibility index (Phi) is 4.88. The first kappa shape index (κ1) is 16.7. The Morgan fingerprint density at radius 2 is 2.00 bits per heavy atom. The number of hydrogen-bond acceptors (Lipinski definition) is 5. The van der Waals surface area contributed by atoms with E-state index in [0.29, 0.717) is 0 Å². The van der Waals surface area contributed by atoms with Crippen molar-refractivity contribution < 1.29 is 9.53 Å². The summed E-state index contributed by atoms with van der Waals surface area (Å²) in [4.78, 5) is 26.2. The average Bonchev–Trinajstić information content (AvgIpc) is 3.37. The molecule has 7 heteroatoms. The van der Waals surface area contributed by atoms with Gasteiger partial charge in [-0.05, 0) is 23.3 Å². The number of aromatic nitrogens is 3. The average molecular weight is 366 g/mol. The molecule has 1 unspecified atom stereocenters. The molecule has 1 saturated heterocycles. The molecule has 1 aliphatic heterocycles. The van der Waals surface area contributed by atoms with Crippen LogP contribution >= 0.6 is 11.8 Å². The van der Waals surface area contributed by atoms with Gasteiger partial charge in [0.1, 0.15) is 23.8 Å². The van der Waals surface area contributed by atoms with Crippen LogP contribution in [0.4, 0.5) is 4.79 Å². The molecule has 26 heavy (non-hydrogen) atoms. The third-order valence-electron chi connectivity index (χ3n) is 4.24. The molecule has 1 aromatic carbocycles. The van der Waals surface area contributed by atoms with Gasteiger partial charge in [0, 0.05) is 30.5 Å². The Bertz CT molecular complexity index is 843. The quantitative estimate of drug-likeness (QED) is 0.757. The molecule has 0 saturated carbocycles. The molecule has 132 valence electrons. The van der Waals surface area contributed by atoms with Crippen molar-refractivity contribution in [3.63, 3.8) is 0 Å². The Labute approximate surface area is 155 Å². The maximum atomic E-state index is 12.9. The van der Waals surface area contributed by atoms with E-state index in [1.54, 1.807) is 41.4 Å². The van der Waals surface area contributed by atoms with Crippen molar-refractivity contribution in [2.24, 2.45) is 0 Å². The molecule has 3 aromatic rings. The fraction of sp³-hybridized carbons (Fsp3) is 0.211. The lowest BCUT2D eigenvalue weighted by atomic mass is 10.2. The maximum absolute atomic E-state index is 12.9. The zero-order valence-corrected chi connectivity index (χ0v) is 14.8. The second-order valence-corrected chi connectivity index (χ2v) is 7.02. The van der Waals surface area contributed by atoms with E-state index in [2.05, 4.69) is 15.0 Å². The van der Waals surface area contributed by atoms with E-state index in [4.69, 9.17) is 4.74 Å². The Morgan fingerprint density at radius 1 is 1.19 bits per heavy atom. The highest BCUT2D eigenvalue weighted by Crippen LogP contribution is 2.46. The van der Waals surface area contributed by atoms with E-state index in [9.17, 15) is 4.79 Å². The van der Waals surface area contributed by atoms with Gasteiger partial charge in [0.25, 0.3) is 0 Å². The van der Waals surface area contributed by atoms with Crippen molar-refractivity contribution in [2.45, 2.75) is 18.0 Å². The molecule has 2 atom stereocenters. The van der Waals surface area contributed by atoms with Gasteiger partial charge in [0.05, 0.1) is 0 Å². The number of H-pyrrole nitrogens is 1. The van der Waals surface area contributed by atoms with Crippen LogP contribution in [0.15, 0.2) is 67.3 Å². The SMILES string of the molecule is O=C(OCc1ccccc1)N1C(c2ccncc2)SC[C@H]1c1ncc[nH]1. The minimum atomic E-state index is -0.345. The monoisotopic (exact) mass is 366 g/mol. The van der Waals surface area contributed by atoms with E-state index in [1.807, 2.05) is 42.5 Å². The lowest BCUT2D eigenvalue weighted by Crippen LogP contribution is -2.34. The summed E-state index contributed by atoms with van der Waals surface area (Å²) in [6.45, 7) is 0.245. The number of imidazole rings is 1. The van der Waals surface area contributed by atoms with Crippen molar-refractivity contribution in [1.29, 1.82) is 0 Å². The molecule has 3 heterocycles. The zero-order valence-electron chi connectivity index (χ0n) is 14.0. The van der Waals surface area contributed by atoms with E-state index in [1.165, 1.54) is 0 Å². The number of carbonyl (C=O) groups is 1. The third kappa shape index (κ3) is 3.43. The van der Waals surface area contributed by atoms with Crippen LogP contribution in [0, 0.1) is 0 Å². The standard InChI is InChI=1S/C19H18N4O2S/c24-19(25-12-14-4-2-1-3-5-14)23-16(17-21-10-11-22-17)13-26-18(23)15-6-8-20-9-7-15/h1-11,16,18H,12-13H2,(H,21,22)/t16-,18?/m0/s1. The number of nitrogens with zero attached hydrogens (tertiary/aromatic N) is 3. The van der Waals surface area contributed by atoms with Crippen LogP contribution in [0.2, 0.25) is 0 Å². The minimum Gasteiger partial charge on any atom is -0.444 e. The highest BCUT2D eigenvalue weighted by atomic mass is 32.2. The van der Waals surface area contributed by atoms with Crippen molar-refractivity contribution >= 4 is 17.9 Å². The highest BCUT2D eigenvalue weighted by Gasteiger charge is 2.41. The summed E-state index contributed by atoms with van der Waals surface area (Å²) in [6, 6.07) is 13.4. The van der Waals surface area contributed by atoms with Crippen LogP contribution in [-0.2, 0) is 11.3 Å². The molecule has 1 fully saturated rings. The molecule has 1 aliphatic rings. The molecular formula is C19H18N4O2S. The summed E-state index contributed by atoms with van der Waals surface area (Å²) < 4.78 is 5.61. The van der Waals surface area contributed by atoms with Crippen molar-refractivity contribution in [3.8, 4) is 0 Å². The number of amides is 1. The second kappa shape index (κ2) is 7.61. The predicted molar refractivity (Wildman–Crippen MR) is 99.2 cm³/mol. The fourth-order valence-electron chi connectivity index (χ4n) is 2.98. The van der Waals surface area contributed by atoms with Crippen molar-refractivity contribution in [3.05, 3.63) is 84.2 Å². The Morgan fingerprint density at radius 3 is 2.73 bits per heavy atom. The van der Waals surface area contributed by atoms with Crippen LogP contribution in [0.1, 0.15) is 28.4 Å². The number of thioether (sulfide) groups is 1. The molecule has 0 radical (unpaired) electrons. The smallest absolute Gasteiger partial charge is 0.411 e. The summed E-state index contributed by atoms with van der Waals surface area (Å²) in [5.74, 6) is 1.52. The van der Waals surface area contributed by atoms with Gasteiger partial charge in [-0.25, -0.2) is 9.78 Å². The van der Waals surface area contributed by atoms with Crippen LogP contribution in [0.3, 0.4) is 0 Å². The zero-order chi connectivity index (χ0) is 17.8. The van der Waals surface area contributed by atoms with Gasteiger partial charge in [-0.2, -0.15) is 0 Å². The number of hydrogen-bond donors (Lipinski definition) is 1. The van der Waals surface area contributed by atoms with Crippen LogP contribution in [-0.4, -0.2) is 31.7 Å². The van der Waals surface area contributed by atoms with Gasteiger partial charge in [-0.3, -0.25) is 9.88 Å². The van der Waals surface area contributed by atoms with Gasteiger partial charge in [-0.15, -0.1) is 11.8 Å². The number of pyridine rings is 1. The first-order valence-corrected chi connectivity index (χ1v) is 9.37. The normalized spacial score (nSPS) is 19.5. The molecule has 0 bridgehead atoms. The molecule has 2 aromatic heterocycles. The predicted octanol–water partition coefficient (Wildman–Crippen LogP) is 3.93. The highest BCUT2D eigenvalue weighted by molar-refractivity contribution is 7.99. The molecule has 4 rings (SSSR count). The van der Waals surface area contributed by atoms with Crippen molar-refractivity contribution in [2.75, 3.05) is 5.75 Å². The summed E-state index contributed by atoms with van der Waals surface area (Å²) in [5.41, 5.74) is 1.98. The molecular weight excluding hydrogens is 348 g/mol.